The highest BCUT2D eigenvalue weighted by molar-refractivity contribution is 7.98. The smallest absolute Gasteiger partial charge is 0.344 e. The van der Waals surface area contributed by atoms with Gasteiger partial charge in [-0.05, 0) is 45.9 Å². The van der Waals surface area contributed by atoms with Gasteiger partial charge in [0, 0.05) is 18.0 Å². The van der Waals surface area contributed by atoms with Crippen molar-refractivity contribution < 1.29 is 28.2 Å². The first kappa shape index (κ1) is 25.1. The molecule has 0 spiro atoms. The van der Waals surface area contributed by atoms with Crippen LogP contribution in [0.4, 0.5) is 0 Å². The molecule has 1 aromatic carbocycles. The lowest BCUT2D eigenvalue weighted by atomic mass is 10.2. The summed E-state index contributed by atoms with van der Waals surface area (Å²) < 4.78 is 27.7. The molecule has 3 aromatic rings. The number of aromatic nitrogens is 2. The number of hydrogen-bond acceptors (Lipinski definition) is 10. The summed E-state index contributed by atoms with van der Waals surface area (Å²) in [6.07, 6.45) is 2.78. The Hall–Kier alpha value is -3.53. The van der Waals surface area contributed by atoms with Gasteiger partial charge in [-0.2, -0.15) is 0 Å². The molecule has 0 fully saturated rings. The Morgan fingerprint density at radius 3 is 2.26 bits per heavy atom. The number of hydrogen-bond donors (Lipinski definition) is 0. The highest BCUT2D eigenvalue weighted by atomic mass is 32.2. The number of rotatable bonds is 11. The number of carbonyl (C=O) groups is 1. The van der Waals surface area contributed by atoms with Crippen molar-refractivity contribution in [2.75, 3.05) is 19.8 Å². The lowest BCUT2D eigenvalue weighted by Gasteiger charge is -2.16. The van der Waals surface area contributed by atoms with E-state index in [1.807, 2.05) is 27.7 Å². The predicted molar refractivity (Wildman–Crippen MR) is 126 cm³/mol. The van der Waals surface area contributed by atoms with E-state index in [1.165, 1.54) is 30.0 Å². The molecule has 10 heteroatoms. The van der Waals surface area contributed by atoms with E-state index in [9.17, 15) is 9.59 Å². The van der Waals surface area contributed by atoms with Gasteiger partial charge < -0.3 is 23.4 Å². The third-order valence-corrected chi connectivity index (χ3v) is 5.20. The molecule has 0 amide bonds. The van der Waals surface area contributed by atoms with Crippen molar-refractivity contribution in [3.63, 3.8) is 0 Å². The summed E-state index contributed by atoms with van der Waals surface area (Å²) in [6.45, 7) is 8.46. The van der Waals surface area contributed by atoms with E-state index in [0.29, 0.717) is 53.7 Å². The van der Waals surface area contributed by atoms with Gasteiger partial charge in [0.05, 0.1) is 31.1 Å². The number of nitrogens with zero attached hydrogens (tertiary/aromatic N) is 2. The number of carbonyl (C=O) groups excluding carboxylic acids is 1. The van der Waals surface area contributed by atoms with Gasteiger partial charge in [-0.3, -0.25) is 4.79 Å². The van der Waals surface area contributed by atoms with Crippen LogP contribution in [0, 0.1) is 6.92 Å². The SMILES string of the molecule is CCOc1cc(C(=O)Oc2coc(CSc3nccc(C)n3)cc2=O)cc(OCC)c1OCC. The van der Waals surface area contributed by atoms with Crippen LogP contribution in [0.5, 0.6) is 23.0 Å². The fourth-order valence-corrected chi connectivity index (χ4v) is 3.65. The van der Waals surface area contributed by atoms with Crippen molar-refractivity contribution >= 4 is 17.7 Å². The molecule has 0 aliphatic rings. The Morgan fingerprint density at radius 2 is 1.68 bits per heavy atom. The van der Waals surface area contributed by atoms with Crippen LogP contribution in [0.25, 0.3) is 0 Å². The number of benzene rings is 1. The topological polar surface area (TPSA) is 110 Å². The van der Waals surface area contributed by atoms with E-state index >= 15 is 0 Å². The highest BCUT2D eigenvalue weighted by Crippen LogP contribution is 2.39. The molecule has 0 N–H and O–H groups in total. The second-order valence-corrected chi connectivity index (χ2v) is 7.78. The highest BCUT2D eigenvalue weighted by Gasteiger charge is 2.20. The Bertz CT molecular complexity index is 1170. The van der Waals surface area contributed by atoms with E-state index < -0.39 is 11.4 Å². The van der Waals surface area contributed by atoms with Crippen LogP contribution in [0.15, 0.2) is 51.1 Å². The molecule has 0 bridgehead atoms. The zero-order valence-electron chi connectivity index (χ0n) is 19.5. The molecule has 0 aliphatic heterocycles. The summed E-state index contributed by atoms with van der Waals surface area (Å²) in [5.41, 5.74) is 0.503. The first-order chi connectivity index (χ1) is 16.4. The number of ether oxygens (including phenoxy) is 4. The largest absolute Gasteiger partial charge is 0.490 e. The van der Waals surface area contributed by atoms with Crippen LogP contribution in [-0.2, 0) is 5.75 Å². The first-order valence-corrected chi connectivity index (χ1v) is 11.8. The van der Waals surface area contributed by atoms with Gasteiger partial charge >= 0.3 is 5.97 Å². The summed E-state index contributed by atoms with van der Waals surface area (Å²) in [4.78, 5) is 33.8. The molecule has 0 radical (unpaired) electrons. The minimum absolute atomic E-state index is 0.144. The number of esters is 1. The Kier molecular flexibility index (Phi) is 8.92. The molecule has 2 aromatic heterocycles. The molecule has 2 heterocycles. The Balaban J connectivity index is 1.77. The van der Waals surface area contributed by atoms with Crippen molar-refractivity contribution in [1.29, 1.82) is 0 Å². The van der Waals surface area contributed by atoms with Crippen LogP contribution >= 0.6 is 11.8 Å². The van der Waals surface area contributed by atoms with Crippen LogP contribution in [0.3, 0.4) is 0 Å². The van der Waals surface area contributed by atoms with Crippen molar-refractivity contribution in [3.8, 4) is 23.0 Å². The third kappa shape index (κ3) is 6.50. The maximum atomic E-state index is 12.8. The minimum Gasteiger partial charge on any atom is -0.490 e. The van der Waals surface area contributed by atoms with Gasteiger partial charge in [0.25, 0.3) is 0 Å². The maximum Gasteiger partial charge on any atom is 0.344 e. The van der Waals surface area contributed by atoms with Crippen molar-refractivity contribution in [1.82, 2.24) is 9.97 Å². The van der Waals surface area contributed by atoms with Crippen LogP contribution in [-0.4, -0.2) is 35.8 Å². The zero-order chi connectivity index (χ0) is 24.5. The van der Waals surface area contributed by atoms with Crippen LogP contribution < -0.4 is 24.4 Å². The summed E-state index contributed by atoms with van der Waals surface area (Å²) >= 11 is 1.33. The Morgan fingerprint density at radius 1 is 1.00 bits per heavy atom. The Labute approximate surface area is 201 Å². The lowest BCUT2D eigenvalue weighted by molar-refractivity contribution is 0.0727. The normalized spacial score (nSPS) is 10.6. The van der Waals surface area contributed by atoms with E-state index in [1.54, 1.807) is 12.3 Å². The minimum atomic E-state index is -0.757. The van der Waals surface area contributed by atoms with Gasteiger partial charge in [-0.15, -0.1) is 0 Å². The average molecular weight is 487 g/mol. The summed E-state index contributed by atoms with van der Waals surface area (Å²) in [5.74, 6) is 0.865. The molecule has 3 rings (SSSR count). The molecule has 34 heavy (non-hydrogen) atoms. The summed E-state index contributed by atoms with van der Waals surface area (Å²) in [7, 11) is 0. The van der Waals surface area contributed by atoms with E-state index in [2.05, 4.69) is 9.97 Å². The van der Waals surface area contributed by atoms with Gasteiger partial charge in [0.15, 0.2) is 16.7 Å². The van der Waals surface area contributed by atoms with E-state index in [-0.39, 0.29) is 11.3 Å². The molecule has 9 nitrogen and oxygen atoms in total. The molecule has 0 unspecified atom stereocenters. The number of thioether (sulfide) groups is 1. The van der Waals surface area contributed by atoms with Gasteiger partial charge in [0.2, 0.25) is 16.9 Å². The molecule has 0 saturated carbocycles. The van der Waals surface area contributed by atoms with Gasteiger partial charge in [0.1, 0.15) is 12.0 Å². The van der Waals surface area contributed by atoms with E-state index in [0.717, 1.165) is 12.0 Å². The molecule has 0 atom stereocenters. The van der Waals surface area contributed by atoms with Gasteiger partial charge in [-0.1, -0.05) is 11.8 Å². The van der Waals surface area contributed by atoms with Crippen molar-refractivity contribution in [2.45, 2.75) is 38.6 Å². The average Bonchev–Trinajstić information content (AvgIpc) is 2.81. The van der Waals surface area contributed by atoms with Gasteiger partial charge in [-0.25, -0.2) is 14.8 Å². The first-order valence-electron chi connectivity index (χ1n) is 10.8. The van der Waals surface area contributed by atoms with E-state index in [4.69, 9.17) is 23.4 Å². The molecule has 180 valence electrons. The van der Waals surface area contributed by atoms with Crippen LogP contribution in [0.1, 0.15) is 42.6 Å². The molecule has 0 aliphatic carbocycles. The second kappa shape index (κ2) is 12.1. The van der Waals surface area contributed by atoms with Crippen molar-refractivity contribution in [3.05, 3.63) is 64.0 Å². The quantitative estimate of drug-likeness (QED) is 0.219. The summed E-state index contributed by atoms with van der Waals surface area (Å²) in [6, 6.07) is 6.06. The van der Waals surface area contributed by atoms with Crippen LogP contribution in [0.2, 0.25) is 0 Å². The zero-order valence-corrected chi connectivity index (χ0v) is 20.3. The number of aryl methyl sites for hydroxylation is 1. The second-order valence-electron chi connectivity index (χ2n) is 6.83. The predicted octanol–water partition coefficient (Wildman–Crippen LogP) is 4.45. The maximum absolute atomic E-state index is 12.8. The fraction of sp³-hybridized carbons (Fsp3) is 0.333. The fourth-order valence-electron chi connectivity index (χ4n) is 2.89. The summed E-state index contributed by atoms with van der Waals surface area (Å²) in [5, 5.41) is 0.573. The monoisotopic (exact) mass is 486 g/mol. The lowest BCUT2D eigenvalue weighted by Crippen LogP contribution is -2.15. The third-order valence-electron chi connectivity index (χ3n) is 4.32. The molecule has 0 saturated heterocycles. The van der Waals surface area contributed by atoms with Crippen molar-refractivity contribution in [2.24, 2.45) is 0 Å². The standard InChI is InChI=1S/C24H26N2O7S/c1-5-29-19-10-16(11-20(30-6-2)22(19)31-7-3)23(28)33-21-13-32-17(12-18(21)27)14-34-24-25-9-8-15(4)26-24/h8-13H,5-7,14H2,1-4H3. The molecular weight excluding hydrogens is 460 g/mol. The molecular formula is C24H26N2O7S.